The van der Waals surface area contributed by atoms with E-state index in [0.29, 0.717) is 37.5 Å². The van der Waals surface area contributed by atoms with Crippen LogP contribution in [0.4, 0.5) is 0 Å². The molecule has 3 N–H and O–H groups in total. The van der Waals surface area contributed by atoms with Gasteiger partial charge in [0.05, 0.1) is 26.4 Å². The van der Waals surface area contributed by atoms with Crippen LogP contribution in [0.2, 0.25) is 0 Å². The molecule has 5 atom stereocenters. The Labute approximate surface area is 556 Å². The van der Waals surface area contributed by atoms with Crippen molar-refractivity contribution in [1.82, 2.24) is 0 Å². The lowest BCUT2D eigenvalue weighted by molar-refractivity contribution is -0.161. The van der Waals surface area contributed by atoms with Crippen molar-refractivity contribution in [3.8, 4) is 0 Å². The van der Waals surface area contributed by atoms with E-state index in [9.17, 15) is 43.2 Å². The highest BCUT2D eigenvalue weighted by Gasteiger charge is 2.30. The zero-order valence-electron chi connectivity index (χ0n) is 59.5. The van der Waals surface area contributed by atoms with Crippen LogP contribution in [0.1, 0.15) is 357 Å². The first kappa shape index (κ1) is 89.1. The van der Waals surface area contributed by atoms with Crippen molar-refractivity contribution in [1.29, 1.82) is 0 Å². The molecule has 19 heteroatoms. The molecule has 0 saturated carbocycles. The van der Waals surface area contributed by atoms with Gasteiger partial charge in [0.15, 0.2) is 12.2 Å². The summed E-state index contributed by atoms with van der Waals surface area (Å²) >= 11 is 0. The smallest absolute Gasteiger partial charge is 0.462 e. The van der Waals surface area contributed by atoms with E-state index in [1.54, 1.807) is 0 Å². The molecule has 0 bridgehead atoms. The number of esters is 4. The van der Waals surface area contributed by atoms with Crippen LogP contribution in [0.25, 0.3) is 0 Å². The summed E-state index contributed by atoms with van der Waals surface area (Å²) in [6.45, 7) is 14.0. The Morgan fingerprint density at radius 2 is 0.462 bits per heavy atom. The number of hydrogen-bond donors (Lipinski definition) is 3. The number of ether oxygens (including phenoxy) is 4. The predicted octanol–water partition coefficient (Wildman–Crippen LogP) is 20.5. The third kappa shape index (κ3) is 66.5. The lowest BCUT2D eigenvalue weighted by Crippen LogP contribution is -2.30. The fraction of sp³-hybridized carbons (Fsp3) is 0.944. The zero-order valence-corrected chi connectivity index (χ0v) is 61.3. The minimum absolute atomic E-state index is 0.102. The summed E-state index contributed by atoms with van der Waals surface area (Å²) in [5, 5.41) is 10.6. The summed E-state index contributed by atoms with van der Waals surface area (Å²) in [6, 6.07) is 0. The van der Waals surface area contributed by atoms with Crippen molar-refractivity contribution in [2.24, 2.45) is 23.7 Å². The van der Waals surface area contributed by atoms with Crippen LogP contribution in [-0.4, -0.2) is 96.7 Å². The van der Waals surface area contributed by atoms with E-state index >= 15 is 0 Å². The van der Waals surface area contributed by atoms with Crippen molar-refractivity contribution in [2.75, 3.05) is 39.6 Å². The first-order chi connectivity index (χ1) is 43.6. The van der Waals surface area contributed by atoms with Crippen LogP contribution in [-0.2, 0) is 65.4 Å². The molecule has 0 fully saturated rings. The molecule has 91 heavy (non-hydrogen) atoms. The van der Waals surface area contributed by atoms with Gasteiger partial charge in [-0.2, -0.15) is 0 Å². The Morgan fingerprint density at radius 1 is 0.275 bits per heavy atom. The molecule has 0 spiro atoms. The molecule has 0 aromatic carbocycles. The molecule has 2 unspecified atom stereocenters. The summed E-state index contributed by atoms with van der Waals surface area (Å²) in [4.78, 5) is 72.5. The minimum atomic E-state index is -4.95. The first-order valence-corrected chi connectivity index (χ1v) is 40.2. The van der Waals surface area contributed by atoms with Crippen molar-refractivity contribution in [2.45, 2.75) is 375 Å². The van der Waals surface area contributed by atoms with Gasteiger partial charge in [-0.1, -0.05) is 306 Å². The monoisotopic (exact) mass is 1340 g/mol. The lowest BCUT2D eigenvalue weighted by Gasteiger charge is -2.21. The van der Waals surface area contributed by atoms with Gasteiger partial charge in [-0.15, -0.1) is 0 Å². The number of hydrogen-bond acceptors (Lipinski definition) is 15. The topological polar surface area (TPSA) is 237 Å². The summed E-state index contributed by atoms with van der Waals surface area (Å²) in [6.07, 6.45) is 44.8. The molecule has 0 aliphatic carbocycles. The van der Waals surface area contributed by atoms with Crippen molar-refractivity contribution >= 4 is 39.5 Å². The van der Waals surface area contributed by atoms with Crippen LogP contribution in [0, 0.1) is 23.7 Å². The molecule has 0 aliphatic rings. The number of carbonyl (C=O) groups is 4. The Balaban J connectivity index is 5.21. The minimum Gasteiger partial charge on any atom is -0.462 e. The maximum atomic E-state index is 13.0. The Kier molecular flexibility index (Phi) is 60.3. The van der Waals surface area contributed by atoms with Gasteiger partial charge in [0.25, 0.3) is 0 Å². The van der Waals surface area contributed by atoms with Crippen LogP contribution >= 0.6 is 15.6 Å². The van der Waals surface area contributed by atoms with Gasteiger partial charge >= 0.3 is 39.5 Å². The summed E-state index contributed by atoms with van der Waals surface area (Å²) in [5.41, 5.74) is 0. The number of phosphoric acid groups is 2. The fourth-order valence-electron chi connectivity index (χ4n) is 10.8. The average molecular weight is 1340 g/mol. The standard InChI is InChI=1S/C72H140O17P2/c1-62(2)48-40-32-24-19-15-13-11-9-10-12-14-16-22-28-38-46-54-71(76)88-67(58-82-69(74)52-44-36-27-21-18-17-20-25-33-41-49-63(3)4)60-86-90(78,79)84-56-66(73)57-85-91(80,81)87-61-68(59-83-70(75)53-45-37-31-30-35-43-51-65(7)8)89-72(77)55-47-39-29-23-26-34-42-50-64(5)6/h62-68,73H,9-61H2,1-8H3,(H,78,79)(H,80,81)/t66-,67-,68-/m1/s1. The molecule has 0 heterocycles. The molecular formula is C72H140O17P2. The second-order valence-electron chi connectivity index (χ2n) is 27.9. The van der Waals surface area contributed by atoms with E-state index in [2.05, 4.69) is 55.4 Å². The highest BCUT2D eigenvalue weighted by molar-refractivity contribution is 7.47. The molecule has 0 amide bonds. The van der Waals surface area contributed by atoms with Gasteiger partial charge < -0.3 is 33.8 Å². The number of aliphatic hydroxyl groups excluding tert-OH is 1. The van der Waals surface area contributed by atoms with Gasteiger partial charge in [0.1, 0.15) is 19.3 Å². The summed E-state index contributed by atoms with van der Waals surface area (Å²) < 4.78 is 68.3. The van der Waals surface area contributed by atoms with Crippen LogP contribution in [0.5, 0.6) is 0 Å². The van der Waals surface area contributed by atoms with Gasteiger partial charge in [0, 0.05) is 25.7 Å². The van der Waals surface area contributed by atoms with E-state index in [-0.39, 0.29) is 25.7 Å². The number of unbranched alkanes of at least 4 members (excludes halogenated alkanes) is 35. The molecule has 0 aromatic rings. The Bertz CT molecular complexity index is 1800. The summed E-state index contributed by atoms with van der Waals surface area (Å²) in [7, 11) is -9.90. The lowest BCUT2D eigenvalue weighted by atomic mass is 10.0. The van der Waals surface area contributed by atoms with Crippen molar-refractivity contribution in [3.05, 3.63) is 0 Å². The quantitative estimate of drug-likeness (QED) is 0.0222. The highest BCUT2D eigenvalue weighted by atomic mass is 31.2. The number of aliphatic hydroxyl groups is 1. The molecule has 0 aromatic heterocycles. The largest absolute Gasteiger partial charge is 0.472 e. The first-order valence-electron chi connectivity index (χ1n) is 37.2. The van der Waals surface area contributed by atoms with E-state index in [4.69, 9.17) is 37.0 Å². The third-order valence-electron chi connectivity index (χ3n) is 16.6. The molecular weight excluding hydrogens is 1200 g/mol. The van der Waals surface area contributed by atoms with E-state index in [1.807, 2.05) is 0 Å². The molecule has 0 radical (unpaired) electrons. The van der Waals surface area contributed by atoms with E-state index in [1.165, 1.54) is 154 Å². The number of carbonyl (C=O) groups excluding carboxylic acids is 4. The third-order valence-corrected chi connectivity index (χ3v) is 18.5. The van der Waals surface area contributed by atoms with Crippen molar-refractivity contribution in [3.63, 3.8) is 0 Å². The summed E-state index contributed by atoms with van der Waals surface area (Å²) in [5.74, 6) is 0.812. The van der Waals surface area contributed by atoms with Crippen LogP contribution in [0.15, 0.2) is 0 Å². The van der Waals surface area contributed by atoms with Crippen molar-refractivity contribution < 1.29 is 80.2 Å². The molecule has 540 valence electrons. The molecule has 0 aliphatic heterocycles. The van der Waals surface area contributed by atoms with E-state index in [0.717, 1.165) is 108 Å². The highest BCUT2D eigenvalue weighted by Crippen LogP contribution is 2.45. The second kappa shape index (κ2) is 61.6. The van der Waals surface area contributed by atoms with Crippen LogP contribution < -0.4 is 0 Å². The number of rotatable bonds is 69. The molecule has 0 rings (SSSR count). The fourth-order valence-corrected chi connectivity index (χ4v) is 12.4. The zero-order chi connectivity index (χ0) is 67.5. The van der Waals surface area contributed by atoms with Gasteiger partial charge in [-0.05, 0) is 49.4 Å². The average Bonchev–Trinajstić information content (AvgIpc) is 3.07. The van der Waals surface area contributed by atoms with Gasteiger partial charge in [-0.25, -0.2) is 9.13 Å². The molecule has 17 nitrogen and oxygen atoms in total. The molecule has 0 saturated heterocycles. The van der Waals surface area contributed by atoms with E-state index < -0.39 is 97.5 Å². The number of phosphoric ester groups is 2. The normalized spacial score (nSPS) is 14.2. The Hall–Kier alpha value is -1.94. The van der Waals surface area contributed by atoms with Crippen LogP contribution in [0.3, 0.4) is 0 Å². The van der Waals surface area contributed by atoms with Gasteiger partial charge in [-0.3, -0.25) is 37.3 Å². The van der Waals surface area contributed by atoms with Gasteiger partial charge in [0.2, 0.25) is 0 Å². The SMILES string of the molecule is CC(C)CCCCCCCCCCCCCCCCCCC(=O)O[C@H](COC(=O)CCCCCCCCCCCCC(C)C)COP(=O)(O)OC[C@@H](O)COP(=O)(O)OC[C@@H](COC(=O)CCCCCCCCC(C)C)OC(=O)CCCCCCCCCC(C)C. The predicted molar refractivity (Wildman–Crippen MR) is 367 cm³/mol. The second-order valence-corrected chi connectivity index (χ2v) is 30.8. The Morgan fingerprint density at radius 3 is 0.681 bits per heavy atom. The maximum absolute atomic E-state index is 13.0. The maximum Gasteiger partial charge on any atom is 0.472 e.